The quantitative estimate of drug-likeness (QED) is 0.575. The average molecular weight is 188 g/mol. The Kier molecular flexibility index (Phi) is 2.90. The lowest BCUT2D eigenvalue weighted by Gasteiger charge is -2.15. The van der Waals surface area contributed by atoms with Crippen molar-refractivity contribution in [3.63, 3.8) is 0 Å². The lowest BCUT2D eigenvalue weighted by molar-refractivity contribution is 0.413. The highest BCUT2D eigenvalue weighted by molar-refractivity contribution is 5.16. The standard InChI is InChI=1S/C14H20/c1-3-6-11-10-12(7-4-2)14-9-5-8-13(11)14/h3-8,11-14H,9-10H2,1-2H3/b6-3+,7-4+. The van der Waals surface area contributed by atoms with Crippen molar-refractivity contribution in [2.75, 3.05) is 0 Å². The molecule has 4 unspecified atom stereocenters. The maximum Gasteiger partial charge on any atom is -0.0133 e. The predicted octanol–water partition coefficient (Wildman–Crippen LogP) is 3.97. The third-order valence-electron chi connectivity index (χ3n) is 3.73. The highest BCUT2D eigenvalue weighted by Crippen LogP contribution is 2.48. The molecule has 2 rings (SSSR count). The minimum absolute atomic E-state index is 0.796. The second-order valence-electron chi connectivity index (χ2n) is 4.52. The summed E-state index contributed by atoms with van der Waals surface area (Å²) in [7, 11) is 0. The number of rotatable bonds is 2. The van der Waals surface area contributed by atoms with E-state index in [-0.39, 0.29) is 0 Å². The van der Waals surface area contributed by atoms with Crippen molar-refractivity contribution < 1.29 is 0 Å². The summed E-state index contributed by atoms with van der Waals surface area (Å²) in [4.78, 5) is 0. The van der Waals surface area contributed by atoms with E-state index in [9.17, 15) is 0 Å². The summed E-state index contributed by atoms with van der Waals surface area (Å²) >= 11 is 0. The molecule has 0 radical (unpaired) electrons. The van der Waals surface area contributed by atoms with Crippen LogP contribution in [0.5, 0.6) is 0 Å². The van der Waals surface area contributed by atoms with Gasteiger partial charge >= 0.3 is 0 Å². The Morgan fingerprint density at radius 1 is 1.07 bits per heavy atom. The molecule has 0 aromatic heterocycles. The van der Waals surface area contributed by atoms with Crippen LogP contribution in [0.3, 0.4) is 0 Å². The summed E-state index contributed by atoms with van der Waals surface area (Å²) in [6.45, 7) is 4.27. The molecular weight excluding hydrogens is 168 g/mol. The van der Waals surface area contributed by atoms with Gasteiger partial charge in [-0.3, -0.25) is 0 Å². The molecule has 76 valence electrons. The molecule has 14 heavy (non-hydrogen) atoms. The fourth-order valence-corrected chi connectivity index (χ4v) is 3.18. The Morgan fingerprint density at radius 2 is 1.79 bits per heavy atom. The van der Waals surface area contributed by atoms with Crippen molar-refractivity contribution in [2.45, 2.75) is 26.7 Å². The van der Waals surface area contributed by atoms with Crippen LogP contribution in [0.4, 0.5) is 0 Å². The van der Waals surface area contributed by atoms with E-state index in [2.05, 4.69) is 50.3 Å². The van der Waals surface area contributed by atoms with Gasteiger partial charge in [0.05, 0.1) is 0 Å². The number of hydrogen-bond acceptors (Lipinski definition) is 0. The van der Waals surface area contributed by atoms with Gasteiger partial charge in [0.2, 0.25) is 0 Å². The van der Waals surface area contributed by atoms with E-state index in [1.54, 1.807) is 0 Å². The van der Waals surface area contributed by atoms with Gasteiger partial charge in [0.15, 0.2) is 0 Å². The summed E-state index contributed by atoms with van der Waals surface area (Å²) in [6, 6.07) is 0. The molecule has 2 aliphatic carbocycles. The molecule has 1 fully saturated rings. The van der Waals surface area contributed by atoms with E-state index in [0.717, 1.165) is 23.7 Å². The van der Waals surface area contributed by atoms with Gasteiger partial charge in [-0.1, -0.05) is 36.5 Å². The summed E-state index contributed by atoms with van der Waals surface area (Å²) < 4.78 is 0. The number of allylic oxidation sites excluding steroid dienone is 6. The van der Waals surface area contributed by atoms with Gasteiger partial charge in [0.25, 0.3) is 0 Å². The molecule has 0 aromatic carbocycles. The van der Waals surface area contributed by atoms with Crippen molar-refractivity contribution in [1.82, 2.24) is 0 Å². The van der Waals surface area contributed by atoms with Gasteiger partial charge in [0, 0.05) is 0 Å². The highest BCUT2D eigenvalue weighted by atomic mass is 14.4. The summed E-state index contributed by atoms with van der Waals surface area (Å²) in [5.41, 5.74) is 0. The maximum atomic E-state index is 2.44. The van der Waals surface area contributed by atoms with E-state index in [4.69, 9.17) is 0 Å². The van der Waals surface area contributed by atoms with E-state index in [0.29, 0.717) is 0 Å². The lowest BCUT2D eigenvalue weighted by atomic mass is 9.89. The summed E-state index contributed by atoms with van der Waals surface area (Å²) in [6.07, 6.45) is 16.7. The SMILES string of the molecule is C/C=C/C1CC(/C=C/C)C2CC=CC12. The maximum absolute atomic E-state index is 2.44. The first-order chi connectivity index (χ1) is 6.86. The third-order valence-corrected chi connectivity index (χ3v) is 3.73. The number of hydrogen-bond donors (Lipinski definition) is 0. The molecule has 0 aromatic rings. The van der Waals surface area contributed by atoms with Gasteiger partial charge in [-0.05, 0) is 50.4 Å². The Labute approximate surface area is 87.4 Å². The first-order valence-corrected chi connectivity index (χ1v) is 5.79. The largest absolute Gasteiger partial charge is 0.0914 e. The molecule has 0 aliphatic heterocycles. The Bertz CT molecular complexity index is 270. The molecule has 0 nitrogen and oxygen atoms in total. The molecule has 1 saturated carbocycles. The molecule has 0 bridgehead atoms. The fraction of sp³-hybridized carbons (Fsp3) is 0.571. The van der Waals surface area contributed by atoms with Gasteiger partial charge in [-0.15, -0.1) is 0 Å². The second kappa shape index (κ2) is 4.16. The van der Waals surface area contributed by atoms with E-state index in [1.807, 2.05) is 0 Å². The van der Waals surface area contributed by atoms with Gasteiger partial charge in [0.1, 0.15) is 0 Å². The van der Waals surface area contributed by atoms with Crippen LogP contribution >= 0.6 is 0 Å². The number of fused-ring (bicyclic) bond motifs is 1. The zero-order valence-electron chi connectivity index (χ0n) is 9.19. The Balaban J connectivity index is 2.14. The molecule has 0 amide bonds. The average Bonchev–Trinajstić information content (AvgIpc) is 2.72. The molecule has 2 aliphatic rings. The first kappa shape index (κ1) is 9.76. The molecule has 0 heteroatoms. The lowest BCUT2D eigenvalue weighted by Crippen LogP contribution is -2.09. The predicted molar refractivity (Wildman–Crippen MR) is 62.0 cm³/mol. The summed E-state index contributed by atoms with van der Waals surface area (Å²) in [5.74, 6) is 3.34. The zero-order valence-corrected chi connectivity index (χ0v) is 9.19. The Hall–Kier alpha value is -0.780. The van der Waals surface area contributed by atoms with E-state index in [1.165, 1.54) is 12.8 Å². The van der Waals surface area contributed by atoms with Crippen molar-refractivity contribution >= 4 is 0 Å². The Morgan fingerprint density at radius 3 is 2.50 bits per heavy atom. The van der Waals surface area contributed by atoms with Gasteiger partial charge in [-0.25, -0.2) is 0 Å². The van der Waals surface area contributed by atoms with Crippen LogP contribution in [0.1, 0.15) is 26.7 Å². The molecule has 0 saturated heterocycles. The van der Waals surface area contributed by atoms with E-state index >= 15 is 0 Å². The van der Waals surface area contributed by atoms with Crippen LogP contribution in [-0.4, -0.2) is 0 Å². The van der Waals surface area contributed by atoms with Gasteiger partial charge in [-0.2, -0.15) is 0 Å². The van der Waals surface area contributed by atoms with Gasteiger partial charge < -0.3 is 0 Å². The van der Waals surface area contributed by atoms with Crippen LogP contribution in [0, 0.1) is 23.7 Å². The van der Waals surface area contributed by atoms with Crippen LogP contribution < -0.4 is 0 Å². The smallest absolute Gasteiger partial charge is 0.0133 e. The highest BCUT2D eigenvalue weighted by Gasteiger charge is 2.40. The van der Waals surface area contributed by atoms with E-state index < -0.39 is 0 Å². The van der Waals surface area contributed by atoms with Crippen molar-refractivity contribution in [3.8, 4) is 0 Å². The molecule has 0 N–H and O–H groups in total. The van der Waals surface area contributed by atoms with Crippen molar-refractivity contribution in [1.29, 1.82) is 0 Å². The first-order valence-electron chi connectivity index (χ1n) is 5.79. The molecule has 4 atom stereocenters. The van der Waals surface area contributed by atoms with Crippen LogP contribution in [0.2, 0.25) is 0 Å². The molecular formula is C14H20. The zero-order chi connectivity index (χ0) is 9.97. The minimum atomic E-state index is 0.796. The van der Waals surface area contributed by atoms with Crippen LogP contribution in [0.25, 0.3) is 0 Å². The topological polar surface area (TPSA) is 0 Å². The normalized spacial score (nSPS) is 41.6. The molecule has 0 heterocycles. The minimum Gasteiger partial charge on any atom is -0.0914 e. The summed E-state index contributed by atoms with van der Waals surface area (Å²) in [5, 5.41) is 0. The van der Waals surface area contributed by atoms with Crippen molar-refractivity contribution in [3.05, 3.63) is 36.5 Å². The second-order valence-corrected chi connectivity index (χ2v) is 4.52. The van der Waals surface area contributed by atoms with Crippen LogP contribution in [-0.2, 0) is 0 Å². The van der Waals surface area contributed by atoms with Crippen molar-refractivity contribution in [2.24, 2.45) is 23.7 Å². The third kappa shape index (κ3) is 1.58. The van der Waals surface area contributed by atoms with Crippen LogP contribution in [0.15, 0.2) is 36.5 Å². The molecule has 0 spiro atoms. The fourth-order valence-electron chi connectivity index (χ4n) is 3.18. The monoisotopic (exact) mass is 188 g/mol.